The molecule has 192 valence electrons. The minimum absolute atomic E-state index is 0.187. The Labute approximate surface area is 213 Å². The van der Waals surface area contributed by atoms with Crippen LogP contribution in [0.2, 0.25) is 5.04 Å². The van der Waals surface area contributed by atoms with Gasteiger partial charge in [-0.1, -0.05) is 81.4 Å². The van der Waals surface area contributed by atoms with Gasteiger partial charge in [0.2, 0.25) is 0 Å². The van der Waals surface area contributed by atoms with E-state index in [1.165, 1.54) is 15.3 Å². The summed E-state index contributed by atoms with van der Waals surface area (Å²) >= 11 is 0. The first-order valence-corrected chi connectivity index (χ1v) is 14.4. The standard InChI is InChI=1S/C28H36N2O5Si/c1-6-29-26(32)20(2)18-30(27(29)33)25-17-23(31)24(35-25)19-34-36(28(3,4)5,21-13-9-7-10-14-21)22-15-11-8-12-16-22/h7-16,18,23-25,31H,6,17,19H2,1-5H3/t23?,24-,25-/m1/s1. The molecule has 4 rings (SSSR count). The van der Waals surface area contributed by atoms with Crippen LogP contribution in [0.25, 0.3) is 0 Å². The number of aliphatic hydroxyl groups is 1. The molecule has 1 aliphatic rings. The van der Waals surface area contributed by atoms with E-state index in [1.807, 2.05) is 36.4 Å². The average molecular weight is 509 g/mol. The van der Waals surface area contributed by atoms with Crippen molar-refractivity contribution in [1.82, 2.24) is 9.13 Å². The summed E-state index contributed by atoms with van der Waals surface area (Å²) in [6.07, 6.45) is -0.305. The molecule has 3 atom stereocenters. The quantitative estimate of drug-likeness (QED) is 0.496. The van der Waals surface area contributed by atoms with E-state index in [0.29, 0.717) is 5.56 Å². The molecule has 36 heavy (non-hydrogen) atoms. The lowest BCUT2D eigenvalue weighted by Gasteiger charge is -2.43. The Morgan fingerprint density at radius 1 is 1.03 bits per heavy atom. The van der Waals surface area contributed by atoms with Gasteiger partial charge < -0.3 is 14.3 Å². The van der Waals surface area contributed by atoms with E-state index in [4.69, 9.17) is 9.16 Å². The van der Waals surface area contributed by atoms with E-state index < -0.39 is 32.4 Å². The molecule has 0 radical (unpaired) electrons. The summed E-state index contributed by atoms with van der Waals surface area (Å²) in [6, 6.07) is 20.6. The molecule has 0 saturated carbocycles. The molecular formula is C28H36N2O5Si. The lowest BCUT2D eigenvalue weighted by Crippen LogP contribution is -2.67. The number of aliphatic hydroxyl groups excluding tert-OH is 1. The van der Waals surface area contributed by atoms with E-state index in [2.05, 4.69) is 45.0 Å². The van der Waals surface area contributed by atoms with E-state index in [9.17, 15) is 14.7 Å². The Hall–Kier alpha value is -2.78. The zero-order chi connectivity index (χ0) is 26.1. The van der Waals surface area contributed by atoms with E-state index in [0.717, 1.165) is 10.4 Å². The summed E-state index contributed by atoms with van der Waals surface area (Å²) in [6.45, 7) is 10.5. The minimum atomic E-state index is -2.79. The van der Waals surface area contributed by atoms with Gasteiger partial charge >= 0.3 is 5.69 Å². The van der Waals surface area contributed by atoms with Gasteiger partial charge in [0.15, 0.2) is 0 Å². The van der Waals surface area contributed by atoms with E-state index in [-0.39, 0.29) is 30.2 Å². The van der Waals surface area contributed by atoms with Crippen LogP contribution < -0.4 is 21.6 Å². The summed E-state index contributed by atoms with van der Waals surface area (Å²) in [5.41, 5.74) is -0.274. The highest BCUT2D eigenvalue weighted by Gasteiger charge is 2.51. The normalized spacial score (nSPS) is 20.6. The minimum Gasteiger partial charge on any atom is -0.405 e. The van der Waals surface area contributed by atoms with Gasteiger partial charge in [-0.05, 0) is 29.3 Å². The van der Waals surface area contributed by atoms with Gasteiger partial charge in [0.05, 0.1) is 12.7 Å². The molecule has 1 saturated heterocycles. The predicted octanol–water partition coefficient (Wildman–Crippen LogP) is 2.56. The van der Waals surface area contributed by atoms with Crippen molar-refractivity contribution in [2.24, 2.45) is 0 Å². The van der Waals surface area contributed by atoms with E-state index in [1.54, 1.807) is 13.8 Å². The third kappa shape index (κ3) is 4.66. The third-order valence-corrected chi connectivity index (χ3v) is 12.1. The van der Waals surface area contributed by atoms with Crippen LogP contribution in [-0.2, 0) is 15.7 Å². The monoisotopic (exact) mass is 508 g/mol. The summed E-state index contributed by atoms with van der Waals surface area (Å²) in [5.74, 6) is 0. The van der Waals surface area contributed by atoms with Crippen molar-refractivity contribution < 1.29 is 14.3 Å². The lowest BCUT2D eigenvalue weighted by atomic mass is 10.2. The van der Waals surface area contributed by atoms with Gasteiger partial charge in [0, 0.05) is 24.7 Å². The van der Waals surface area contributed by atoms with Crippen LogP contribution in [0.4, 0.5) is 0 Å². The van der Waals surface area contributed by atoms with Crippen molar-refractivity contribution in [2.45, 2.75) is 71.1 Å². The molecule has 1 aliphatic heterocycles. The maximum atomic E-state index is 12.9. The fourth-order valence-corrected chi connectivity index (χ4v) is 9.82. The first-order chi connectivity index (χ1) is 17.1. The second-order valence-electron chi connectivity index (χ2n) is 10.5. The fraction of sp³-hybridized carbons (Fsp3) is 0.429. The van der Waals surface area contributed by atoms with Crippen LogP contribution in [0.5, 0.6) is 0 Å². The third-order valence-electron chi connectivity index (χ3n) is 7.08. The van der Waals surface area contributed by atoms with Gasteiger partial charge in [-0.2, -0.15) is 0 Å². The number of hydrogen-bond donors (Lipinski definition) is 1. The molecule has 0 amide bonds. The van der Waals surface area contributed by atoms with Crippen molar-refractivity contribution in [3.8, 4) is 0 Å². The Kier molecular flexibility index (Phi) is 7.52. The molecule has 7 nitrogen and oxygen atoms in total. The first kappa shape index (κ1) is 26.3. The number of nitrogens with zero attached hydrogens (tertiary/aromatic N) is 2. The lowest BCUT2D eigenvalue weighted by molar-refractivity contribution is -0.0431. The van der Waals surface area contributed by atoms with Gasteiger partial charge in [0.25, 0.3) is 13.9 Å². The SMILES string of the molecule is CCn1c(=O)c(C)cn([C@H]2CC(O)[C@@H](CO[Si](c3ccccc3)(c3ccccc3)C(C)(C)C)O2)c1=O. The Morgan fingerprint density at radius 2 is 1.58 bits per heavy atom. The van der Waals surface area contributed by atoms with Crippen molar-refractivity contribution in [1.29, 1.82) is 0 Å². The van der Waals surface area contributed by atoms with Crippen molar-refractivity contribution in [3.63, 3.8) is 0 Å². The highest BCUT2D eigenvalue weighted by molar-refractivity contribution is 6.99. The van der Waals surface area contributed by atoms with Crippen LogP contribution in [0.15, 0.2) is 76.4 Å². The van der Waals surface area contributed by atoms with Gasteiger partial charge in [0.1, 0.15) is 12.3 Å². The topological polar surface area (TPSA) is 82.7 Å². The molecule has 2 aromatic carbocycles. The number of rotatable bonds is 7. The molecule has 1 fully saturated rings. The highest BCUT2D eigenvalue weighted by Crippen LogP contribution is 2.38. The molecule has 0 spiro atoms. The molecule has 2 heterocycles. The largest absolute Gasteiger partial charge is 0.405 e. The summed E-state index contributed by atoms with van der Waals surface area (Å²) in [7, 11) is -2.79. The molecule has 8 heteroatoms. The molecule has 0 aliphatic carbocycles. The molecule has 1 unspecified atom stereocenters. The second-order valence-corrected chi connectivity index (χ2v) is 14.8. The van der Waals surface area contributed by atoms with Crippen LogP contribution in [0.3, 0.4) is 0 Å². The zero-order valence-electron chi connectivity index (χ0n) is 21.7. The smallest absolute Gasteiger partial charge is 0.333 e. The van der Waals surface area contributed by atoms with Gasteiger partial charge in [-0.25, -0.2) is 4.79 Å². The molecular weight excluding hydrogens is 472 g/mol. The molecule has 0 bridgehead atoms. The predicted molar refractivity (Wildman–Crippen MR) is 143 cm³/mol. The fourth-order valence-electron chi connectivity index (χ4n) is 5.25. The second kappa shape index (κ2) is 10.3. The zero-order valence-corrected chi connectivity index (χ0v) is 22.7. The van der Waals surface area contributed by atoms with Crippen LogP contribution >= 0.6 is 0 Å². The van der Waals surface area contributed by atoms with E-state index >= 15 is 0 Å². The molecule has 1 aromatic heterocycles. The highest BCUT2D eigenvalue weighted by atomic mass is 28.4. The molecule has 1 N–H and O–H groups in total. The average Bonchev–Trinajstić information content (AvgIpc) is 3.23. The maximum absolute atomic E-state index is 12.9. The summed E-state index contributed by atoms with van der Waals surface area (Å²) in [4.78, 5) is 25.3. The number of aryl methyl sites for hydroxylation is 1. The van der Waals surface area contributed by atoms with Gasteiger partial charge in [-0.3, -0.25) is 13.9 Å². The number of aromatic nitrogens is 2. The van der Waals surface area contributed by atoms with Crippen LogP contribution in [0.1, 0.15) is 45.9 Å². The van der Waals surface area contributed by atoms with Crippen molar-refractivity contribution >= 4 is 18.7 Å². The van der Waals surface area contributed by atoms with Crippen molar-refractivity contribution in [2.75, 3.05) is 6.61 Å². The first-order valence-electron chi connectivity index (χ1n) is 12.5. The number of hydrogen-bond acceptors (Lipinski definition) is 5. The van der Waals surface area contributed by atoms with Crippen molar-refractivity contribution in [3.05, 3.63) is 93.3 Å². The van der Waals surface area contributed by atoms with Gasteiger partial charge in [-0.15, -0.1) is 0 Å². The number of ether oxygens (including phenoxy) is 1. The van der Waals surface area contributed by atoms with Crippen LogP contribution in [-0.4, -0.2) is 41.4 Å². The Bertz CT molecular complexity index is 1260. The summed E-state index contributed by atoms with van der Waals surface area (Å²) < 4.78 is 15.8. The summed E-state index contributed by atoms with van der Waals surface area (Å²) in [5, 5.41) is 13.0. The maximum Gasteiger partial charge on any atom is 0.333 e. The molecule has 3 aromatic rings. The Morgan fingerprint density at radius 3 is 2.08 bits per heavy atom. The number of benzene rings is 2. The Balaban J connectivity index is 1.67. The van der Waals surface area contributed by atoms with Crippen LogP contribution in [0, 0.1) is 6.92 Å².